The van der Waals surface area contributed by atoms with E-state index in [-0.39, 0.29) is 24.2 Å². The Kier molecular flexibility index (Phi) is 6.77. The molecule has 7 nitrogen and oxygen atoms in total. The Hall–Kier alpha value is -2.63. The smallest absolute Gasteiger partial charge is 0.161 e. The fourth-order valence-corrected chi connectivity index (χ4v) is 3.22. The topological polar surface area (TPSA) is 104 Å². The molecular formula is C19H24N4O3S. The molecule has 1 aromatic carbocycles. The molecule has 0 saturated carbocycles. The maximum atomic E-state index is 12.0. The second-order valence-electron chi connectivity index (χ2n) is 6.13. The predicted octanol–water partition coefficient (Wildman–Crippen LogP) is 1.89. The summed E-state index contributed by atoms with van der Waals surface area (Å²) in [6, 6.07) is 6.77. The minimum atomic E-state index is -3.26. The Morgan fingerprint density at radius 2 is 2.04 bits per heavy atom. The van der Waals surface area contributed by atoms with Gasteiger partial charge in [0.1, 0.15) is 5.82 Å². The van der Waals surface area contributed by atoms with E-state index in [4.69, 9.17) is 6.42 Å². The van der Waals surface area contributed by atoms with E-state index in [1.165, 1.54) is 0 Å². The SMILES string of the molecule is C#Cc1cc(-c2nc(CS(=O)(=O)CC)cc(N[C@H](C)CO)n2)ccc1NC. The van der Waals surface area contributed by atoms with E-state index < -0.39 is 9.84 Å². The lowest BCUT2D eigenvalue weighted by Crippen LogP contribution is -2.21. The van der Waals surface area contributed by atoms with Gasteiger partial charge in [-0.2, -0.15) is 0 Å². The Morgan fingerprint density at radius 3 is 2.63 bits per heavy atom. The molecule has 2 rings (SSSR count). The summed E-state index contributed by atoms with van der Waals surface area (Å²) in [6.07, 6.45) is 5.57. The van der Waals surface area contributed by atoms with Crippen LogP contribution in [0.5, 0.6) is 0 Å². The summed E-state index contributed by atoms with van der Waals surface area (Å²) in [5.74, 6) is 3.27. The van der Waals surface area contributed by atoms with Crippen molar-refractivity contribution in [2.24, 2.45) is 0 Å². The van der Waals surface area contributed by atoms with E-state index in [1.54, 1.807) is 33.0 Å². The van der Waals surface area contributed by atoms with Gasteiger partial charge in [-0.1, -0.05) is 12.8 Å². The van der Waals surface area contributed by atoms with Gasteiger partial charge in [0.2, 0.25) is 0 Å². The van der Waals surface area contributed by atoms with Crippen LogP contribution in [0.2, 0.25) is 0 Å². The monoisotopic (exact) mass is 388 g/mol. The molecule has 0 aliphatic carbocycles. The highest BCUT2D eigenvalue weighted by Crippen LogP contribution is 2.24. The highest BCUT2D eigenvalue weighted by Gasteiger charge is 2.15. The van der Waals surface area contributed by atoms with Gasteiger partial charge in [0, 0.05) is 41.7 Å². The Labute approximate surface area is 160 Å². The molecule has 0 aliphatic heterocycles. The number of nitrogens with one attached hydrogen (secondary N) is 2. The van der Waals surface area contributed by atoms with E-state index >= 15 is 0 Å². The molecule has 0 bridgehead atoms. The first-order valence-corrected chi connectivity index (χ1v) is 10.4. The van der Waals surface area contributed by atoms with Crippen molar-refractivity contribution in [2.75, 3.05) is 30.0 Å². The van der Waals surface area contributed by atoms with Crippen molar-refractivity contribution in [1.29, 1.82) is 0 Å². The molecule has 0 fully saturated rings. The fraction of sp³-hybridized carbons (Fsp3) is 0.368. The molecule has 0 aliphatic rings. The number of anilines is 2. The zero-order valence-corrected chi connectivity index (χ0v) is 16.5. The number of aromatic nitrogens is 2. The van der Waals surface area contributed by atoms with Crippen LogP contribution in [0.3, 0.4) is 0 Å². The first kappa shape index (κ1) is 20.7. The molecule has 0 amide bonds. The largest absolute Gasteiger partial charge is 0.394 e. The molecule has 144 valence electrons. The van der Waals surface area contributed by atoms with Crippen molar-refractivity contribution in [2.45, 2.75) is 25.6 Å². The summed E-state index contributed by atoms with van der Waals surface area (Å²) in [5.41, 5.74) is 2.52. The standard InChI is InChI=1S/C19H24N4O3S/c1-5-14-9-15(7-8-17(14)20-4)19-22-16(12-27(25,26)6-2)10-18(23-19)21-13(3)11-24/h1,7-10,13,20,24H,6,11-12H2,2-4H3,(H,21,22,23)/t13-/m1/s1. The van der Waals surface area contributed by atoms with Gasteiger partial charge in [-0.25, -0.2) is 18.4 Å². The van der Waals surface area contributed by atoms with Crippen LogP contribution in [-0.4, -0.2) is 48.9 Å². The molecule has 2 aromatic rings. The van der Waals surface area contributed by atoms with E-state index in [9.17, 15) is 13.5 Å². The summed E-state index contributed by atoms with van der Waals surface area (Å²) < 4.78 is 24.1. The minimum Gasteiger partial charge on any atom is -0.394 e. The van der Waals surface area contributed by atoms with Crippen LogP contribution in [0.4, 0.5) is 11.5 Å². The zero-order valence-electron chi connectivity index (χ0n) is 15.7. The van der Waals surface area contributed by atoms with Crippen LogP contribution in [0.1, 0.15) is 25.1 Å². The number of terminal acetylenes is 1. The molecule has 0 spiro atoms. The molecule has 1 heterocycles. The third-order valence-electron chi connectivity index (χ3n) is 3.96. The molecule has 0 unspecified atom stereocenters. The molecule has 1 aromatic heterocycles. The normalized spacial score (nSPS) is 12.3. The molecule has 0 saturated heterocycles. The predicted molar refractivity (Wildman–Crippen MR) is 108 cm³/mol. The van der Waals surface area contributed by atoms with E-state index in [2.05, 4.69) is 26.5 Å². The number of sulfone groups is 1. The van der Waals surface area contributed by atoms with Crippen LogP contribution in [0.25, 0.3) is 11.4 Å². The molecule has 3 N–H and O–H groups in total. The maximum absolute atomic E-state index is 12.0. The number of benzene rings is 1. The summed E-state index contributed by atoms with van der Waals surface area (Å²) in [5, 5.41) is 15.3. The third-order valence-corrected chi connectivity index (χ3v) is 5.57. The van der Waals surface area contributed by atoms with E-state index in [1.807, 2.05) is 12.1 Å². The highest BCUT2D eigenvalue weighted by atomic mass is 32.2. The number of aliphatic hydroxyl groups excluding tert-OH is 1. The van der Waals surface area contributed by atoms with Crippen molar-refractivity contribution in [3.63, 3.8) is 0 Å². The average Bonchev–Trinajstić information content (AvgIpc) is 2.66. The first-order valence-electron chi connectivity index (χ1n) is 8.56. The fourth-order valence-electron chi connectivity index (χ4n) is 2.42. The van der Waals surface area contributed by atoms with Gasteiger partial charge in [-0.15, -0.1) is 6.42 Å². The zero-order chi connectivity index (χ0) is 20.0. The van der Waals surface area contributed by atoms with Crippen molar-refractivity contribution < 1.29 is 13.5 Å². The van der Waals surface area contributed by atoms with Gasteiger partial charge in [0.25, 0.3) is 0 Å². The quantitative estimate of drug-likeness (QED) is 0.593. The Bertz CT molecular complexity index is 952. The first-order chi connectivity index (χ1) is 12.8. The van der Waals surface area contributed by atoms with E-state index in [0.29, 0.717) is 28.5 Å². The van der Waals surface area contributed by atoms with Gasteiger partial charge in [0.05, 0.1) is 18.1 Å². The summed E-state index contributed by atoms with van der Waals surface area (Å²) in [7, 11) is -1.48. The molecule has 27 heavy (non-hydrogen) atoms. The second kappa shape index (κ2) is 8.84. The van der Waals surface area contributed by atoms with E-state index in [0.717, 1.165) is 5.69 Å². The van der Waals surface area contributed by atoms with Gasteiger partial charge < -0.3 is 15.7 Å². The number of rotatable bonds is 8. The van der Waals surface area contributed by atoms with Gasteiger partial charge in [-0.3, -0.25) is 0 Å². The number of aliphatic hydroxyl groups is 1. The minimum absolute atomic E-state index is 0.0280. The summed E-state index contributed by atoms with van der Waals surface area (Å²) >= 11 is 0. The molecule has 8 heteroatoms. The maximum Gasteiger partial charge on any atom is 0.161 e. The molecular weight excluding hydrogens is 364 g/mol. The number of nitrogens with zero attached hydrogens (tertiary/aromatic N) is 2. The average molecular weight is 388 g/mol. The Morgan fingerprint density at radius 1 is 1.30 bits per heavy atom. The Balaban J connectivity index is 2.54. The van der Waals surface area contributed by atoms with Crippen LogP contribution < -0.4 is 10.6 Å². The lowest BCUT2D eigenvalue weighted by molar-refractivity contribution is 0.281. The van der Waals surface area contributed by atoms with Crippen molar-refractivity contribution in [3.05, 3.63) is 35.5 Å². The number of hydrogen-bond donors (Lipinski definition) is 3. The van der Waals surface area contributed by atoms with Crippen LogP contribution in [-0.2, 0) is 15.6 Å². The lowest BCUT2D eigenvalue weighted by Gasteiger charge is -2.14. The highest BCUT2D eigenvalue weighted by molar-refractivity contribution is 7.90. The molecule has 0 radical (unpaired) electrons. The molecule has 1 atom stereocenters. The lowest BCUT2D eigenvalue weighted by atomic mass is 10.1. The van der Waals surface area contributed by atoms with Gasteiger partial charge >= 0.3 is 0 Å². The summed E-state index contributed by atoms with van der Waals surface area (Å²) in [4.78, 5) is 8.88. The third kappa shape index (κ3) is 5.42. The van der Waals surface area contributed by atoms with Crippen molar-refractivity contribution >= 4 is 21.3 Å². The second-order valence-corrected chi connectivity index (χ2v) is 8.48. The summed E-state index contributed by atoms with van der Waals surface area (Å²) in [6.45, 7) is 3.31. The van der Waals surface area contributed by atoms with Crippen LogP contribution >= 0.6 is 0 Å². The van der Waals surface area contributed by atoms with Crippen molar-refractivity contribution in [1.82, 2.24) is 9.97 Å². The number of hydrogen-bond acceptors (Lipinski definition) is 7. The van der Waals surface area contributed by atoms with Gasteiger partial charge in [-0.05, 0) is 25.1 Å². The van der Waals surface area contributed by atoms with Crippen molar-refractivity contribution in [3.8, 4) is 23.7 Å². The van der Waals surface area contributed by atoms with Crippen LogP contribution in [0.15, 0.2) is 24.3 Å². The van der Waals surface area contributed by atoms with Gasteiger partial charge in [0.15, 0.2) is 15.7 Å². The van der Waals surface area contributed by atoms with Crippen LogP contribution in [0, 0.1) is 12.3 Å².